The second-order valence-corrected chi connectivity index (χ2v) is 11.0. The number of carbonyl (C=O) groups excluding carboxylic acids is 1. The monoisotopic (exact) mass is 542 g/mol. The normalized spacial score (nSPS) is 18.5. The fourth-order valence-corrected chi connectivity index (χ4v) is 5.70. The van der Waals surface area contributed by atoms with Crippen LogP contribution in [0.25, 0.3) is 0 Å². The minimum atomic E-state index is -1.07. The fourth-order valence-electron chi connectivity index (χ4n) is 4.28. The zero-order valence-electron chi connectivity index (χ0n) is 22.1. The number of amides is 1. The quantitative estimate of drug-likeness (QED) is 0.167. The van der Waals surface area contributed by atoms with Gasteiger partial charge in [0, 0.05) is 26.3 Å². The van der Waals surface area contributed by atoms with Gasteiger partial charge in [-0.2, -0.15) is 10.4 Å². The van der Waals surface area contributed by atoms with E-state index in [-0.39, 0.29) is 10.6 Å². The number of benzene rings is 2. The molecule has 2 N–H and O–H groups in total. The molecule has 0 spiro atoms. The van der Waals surface area contributed by atoms with Gasteiger partial charge in [-0.15, -0.1) is 0 Å². The maximum Gasteiger partial charge on any atom is 0.274 e. The number of carbonyl (C=O) groups is 1. The Labute approximate surface area is 226 Å². The van der Waals surface area contributed by atoms with Crippen LogP contribution >= 0.6 is 11.8 Å². The van der Waals surface area contributed by atoms with Crippen LogP contribution in [0.15, 0.2) is 58.6 Å². The smallest absolute Gasteiger partial charge is 0.274 e. The van der Waals surface area contributed by atoms with Crippen molar-refractivity contribution in [2.45, 2.75) is 44.6 Å². The highest BCUT2D eigenvalue weighted by molar-refractivity contribution is 8.15. The van der Waals surface area contributed by atoms with Crippen molar-refractivity contribution in [2.24, 2.45) is 15.5 Å². The molecule has 1 aliphatic rings. The lowest BCUT2D eigenvalue weighted by Crippen LogP contribution is -2.50. The van der Waals surface area contributed by atoms with E-state index >= 15 is 0 Å². The van der Waals surface area contributed by atoms with Crippen molar-refractivity contribution in [3.8, 4) is 6.19 Å². The number of guanidine groups is 1. The highest BCUT2D eigenvalue weighted by atomic mass is 32.2. The van der Waals surface area contributed by atoms with E-state index in [0.717, 1.165) is 23.8 Å². The van der Waals surface area contributed by atoms with Crippen LogP contribution in [-0.4, -0.2) is 48.7 Å². The molecule has 8 nitrogen and oxygen atoms in total. The zero-order valence-corrected chi connectivity index (χ0v) is 22.9. The first-order valence-electron chi connectivity index (χ1n) is 12.1. The van der Waals surface area contributed by atoms with Crippen LogP contribution < -0.4 is 10.6 Å². The number of nitriles is 1. The summed E-state index contributed by atoms with van der Waals surface area (Å²) in [5.41, 5.74) is 0.197. The molecule has 2 atom stereocenters. The minimum Gasteiger partial charge on any atom is -0.371 e. The first-order valence-corrected chi connectivity index (χ1v) is 12.9. The predicted octanol–water partition coefficient (Wildman–Crippen LogP) is 4.54. The first-order chi connectivity index (χ1) is 18.1. The second kappa shape index (κ2) is 12.4. The highest BCUT2D eigenvalue weighted by Gasteiger charge is 2.51. The molecule has 202 valence electrons. The van der Waals surface area contributed by atoms with E-state index in [4.69, 9.17) is 10.00 Å². The molecule has 1 aliphatic heterocycles. The molecule has 0 saturated heterocycles. The maximum atomic E-state index is 14.9. The van der Waals surface area contributed by atoms with E-state index in [1.807, 2.05) is 57.3 Å². The SMILES string of the molecule is CN=C(NC#N)NCCCC1(c2ccccc2)SC(c2cc(F)ccc2F)=NN1C(=O)C(OC)C(C)(C)C. The van der Waals surface area contributed by atoms with Gasteiger partial charge in [-0.3, -0.25) is 15.1 Å². The van der Waals surface area contributed by atoms with Gasteiger partial charge in [0.1, 0.15) is 27.7 Å². The standard InChI is InChI=1S/C27H32F2N6O2S/c1-26(2,3)22(37-5)24(36)35-27(18-10-7-6-8-11-18,14-9-15-32-25(31-4)33-17-30)38-23(34-35)20-16-19(28)12-13-21(20)29/h6-8,10-13,16,22H,9,14-15H2,1-5H3,(H2,31,32,33). The van der Waals surface area contributed by atoms with Crippen LogP contribution in [0.5, 0.6) is 0 Å². The molecule has 2 aromatic carbocycles. The van der Waals surface area contributed by atoms with Gasteiger partial charge in [0.15, 0.2) is 6.19 Å². The Bertz CT molecular complexity index is 1240. The summed E-state index contributed by atoms with van der Waals surface area (Å²) >= 11 is 1.20. The van der Waals surface area contributed by atoms with Gasteiger partial charge in [-0.05, 0) is 42.0 Å². The van der Waals surface area contributed by atoms with Gasteiger partial charge in [-0.25, -0.2) is 13.8 Å². The van der Waals surface area contributed by atoms with Gasteiger partial charge >= 0.3 is 0 Å². The third-order valence-corrected chi connectivity index (χ3v) is 7.47. The molecule has 1 heterocycles. The van der Waals surface area contributed by atoms with Crippen LogP contribution in [-0.2, 0) is 14.4 Å². The van der Waals surface area contributed by atoms with E-state index in [1.165, 1.54) is 23.9 Å². The number of hydrogen-bond donors (Lipinski definition) is 2. The molecule has 1 amide bonds. The number of nitrogens with one attached hydrogen (secondary N) is 2. The van der Waals surface area contributed by atoms with Crippen molar-refractivity contribution < 1.29 is 18.3 Å². The Kier molecular flexibility index (Phi) is 9.46. The Morgan fingerprint density at radius 2 is 1.97 bits per heavy atom. The molecule has 38 heavy (non-hydrogen) atoms. The van der Waals surface area contributed by atoms with E-state index < -0.39 is 33.9 Å². The molecule has 0 aliphatic carbocycles. The minimum absolute atomic E-state index is 0.0212. The van der Waals surface area contributed by atoms with Gasteiger partial charge in [0.05, 0.1) is 0 Å². The summed E-state index contributed by atoms with van der Waals surface area (Å²) in [5.74, 6) is -1.32. The summed E-state index contributed by atoms with van der Waals surface area (Å²) in [6.45, 7) is 6.10. The second-order valence-electron chi connectivity index (χ2n) is 9.75. The summed E-state index contributed by atoms with van der Waals surface area (Å²) in [7, 11) is 3.02. The average Bonchev–Trinajstić information content (AvgIpc) is 3.28. The zero-order chi connectivity index (χ0) is 27.9. The number of nitrogens with zero attached hydrogens (tertiary/aromatic N) is 4. The van der Waals surface area contributed by atoms with E-state index in [2.05, 4.69) is 20.7 Å². The first kappa shape index (κ1) is 29.1. The lowest BCUT2D eigenvalue weighted by atomic mass is 9.87. The van der Waals surface area contributed by atoms with Gasteiger partial charge in [0.25, 0.3) is 5.91 Å². The van der Waals surface area contributed by atoms with E-state index in [0.29, 0.717) is 25.3 Å². The van der Waals surface area contributed by atoms with Crippen LogP contribution in [0, 0.1) is 28.5 Å². The Hall–Kier alpha value is -3.49. The molecule has 11 heteroatoms. The van der Waals surface area contributed by atoms with Crippen molar-refractivity contribution in [2.75, 3.05) is 20.7 Å². The van der Waals surface area contributed by atoms with E-state index in [1.54, 1.807) is 7.05 Å². The molecule has 2 unspecified atom stereocenters. The summed E-state index contributed by atoms with van der Waals surface area (Å²) in [5, 5.41) is 20.6. The molecule has 2 aromatic rings. The molecule has 0 fully saturated rings. The van der Waals surface area contributed by atoms with Gasteiger partial charge in [0.2, 0.25) is 5.96 Å². The van der Waals surface area contributed by atoms with Crippen LogP contribution in [0.2, 0.25) is 0 Å². The number of methoxy groups -OCH3 is 1. The number of halogens is 2. The molecular weight excluding hydrogens is 510 g/mol. The lowest BCUT2D eigenvalue weighted by molar-refractivity contribution is -0.152. The summed E-state index contributed by atoms with van der Waals surface area (Å²) in [6, 6.07) is 12.5. The molecular formula is C27H32F2N6O2S. The van der Waals surface area contributed by atoms with Crippen molar-refractivity contribution in [1.29, 1.82) is 5.26 Å². The molecule has 0 aromatic heterocycles. The number of aliphatic imine (C=N–C) groups is 1. The van der Waals surface area contributed by atoms with E-state index in [9.17, 15) is 13.6 Å². The molecule has 0 bridgehead atoms. The van der Waals surface area contributed by atoms with Gasteiger partial charge < -0.3 is 10.1 Å². The maximum absolute atomic E-state index is 14.9. The van der Waals surface area contributed by atoms with Crippen molar-refractivity contribution in [1.82, 2.24) is 15.6 Å². The number of ether oxygens (including phenoxy) is 1. The Morgan fingerprint density at radius 1 is 1.26 bits per heavy atom. The number of rotatable bonds is 8. The van der Waals surface area contributed by atoms with Crippen LogP contribution in [0.4, 0.5) is 8.78 Å². The molecule has 0 radical (unpaired) electrons. The number of hydrogen-bond acceptors (Lipinski definition) is 6. The third-order valence-electron chi connectivity index (χ3n) is 6.02. The topological polar surface area (TPSA) is 102 Å². The van der Waals surface area contributed by atoms with Crippen LogP contribution in [0.1, 0.15) is 44.7 Å². The largest absolute Gasteiger partial charge is 0.371 e. The van der Waals surface area contributed by atoms with Crippen molar-refractivity contribution in [3.05, 3.63) is 71.3 Å². The van der Waals surface area contributed by atoms with Crippen molar-refractivity contribution >= 4 is 28.7 Å². The van der Waals surface area contributed by atoms with Crippen molar-refractivity contribution in [3.63, 3.8) is 0 Å². The Balaban J connectivity index is 2.09. The van der Waals surface area contributed by atoms with Gasteiger partial charge in [-0.1, -0.05) is 62.9 Å². The lowest BCUT2D eigenvalue weighted by Gasteiger charge is -2.39. The summed E-state index contributed by atoms with van der Waals surface area (Å²) in [4.78, 5) is 17.0. The average molecular weight is 543 g/mol. The predicted molar refractivity (Wildman–Crippen MR) is 145 cm³/mol. The highest BCUT2D eigenvalue weighted by Crippen LogP contribution is 2.51. The summed E-state index contributed by atoms with van der Waals surface area (Å²) in [6.07, 6.45) is 1.90. The van der Waals surface area contributed by atoms with Crippen LogP contribution in [0.3, 0.4) is 0 Å². The number of thioether (sulfide) groups is 1. The number of hydrazone groups is 1. The third kappa shape index (κ3) is 6.31. The summed E-state index contributed by atoms with van der Waals surface area (Å²) < 4.78 is 34.7. The Morgan fingerprint density at radius 3 is 2.58 bits per heavy atom. The fraction of sp³-hybridized carbons (Fsp3) is 0.407. The molecule has 0 saturated carbocycles. The molecule has 3 rings (SSSR count).